The Bertz CT molecular complexity index is 86.9. The Labute approximate surface area is 57.4 Å². The molecule has 2 nitrogen and oxygen atoms in total. The van der Waals surface area contributed by atoms with Crippen LogP contribution in [0.5, 0.6) is 0 Å². The van der Waals surface area contributed by atoms with Crippen molar-refractivity contribution in [3.05, 3.63) is 0 Å². The monoisotopic (exact) mass is 129 g/mol. The van der Waals surface area contributed by atoms with Crippen LogP contribution in [0, 0.1) is 0 Å². The maximum atomic E-state index is 3.16. The van der Waals surface area contributed by atoms with Gasteiger partial charge in [0.25, 0.3) is 0 Å². The van der Waals surface area contributed by atoms with E-state index < -0.39 is 0 Å². The Hall–Kier alpha value is -0.0800. The molecular weight excluding hydrogens is 112 g/mol. The number of hydrogen-bond acceptors (Lipinski definition) is 1. The molecule has 0 amide bonds. The number of likely N-dealkylation sites (N-methyl/N-ethyl adjacent to an activating group) is 1. The number of quaternary nitrogens is 1. The summed E-state index contributed by atoms with van der Waals surface area (Å²) in [5.74, 6) is 0. The van der Waals surface area contributed by atoms with Gasteiger partial charge in [-0.3, -0.25) is 0 Å². The van der Waals surface area contributed by atoms with Gasteiger partial charge < -0.3 is 9.80 Å². The van der Waals surface area contributed by atoms with E-state index in [9.17, 15) is 0 Å². The van der Waals surface area contributed by atoms with E-state index >= 15 is 0 Å². The fourth-order valence-corrected chi connectivity index (χ4v) is 1.03. The first-order chi connectivity index (χ1) is 4.27. The van der Waals surface area contributed by atoms with E-state index in [4.69, 9.17) is 0 Å². The molecule has 0 atom stereocenters. The summed E-state index contributed by atoms with van der Waals surface area (Å²) < 4.78 is 1.32. The van der Waals surface area contributed by atoms with Crippen molar-refractivity contribution in [3.63, 3.8) is 0 Å². The van der Waals surface area contributed by atoms with Crippen LogP contribution in [0.2, 0.25) is 0 Å². The molecule has 1 rings (SSSR count). The highest BCUT2D eigenvalue weighted by Gasteiger charge is 2.35. The van der Waals surface area contributed by atoms with Crippen LogP contribution in [0.1, 0.15) is 6.42 Å². The summed E-state index contributed by atoms with van der Waals surface area (Å²) >= 11 is 0. The van der Waals surface area contributed by atoms with E-state index in [-0.39, 0.29) is 0 Å². The summed E-state index contributed by atoms with van der Waals surface area (Å²) in [5.41, 5.74) is 0. The summed E-state index contributed by atoms with van der Waals surface area (Å²) in [6.45, 7) is 5.35. The highest BCUT2D eigenvalue weighted by atomic mass is 15.4. The minimum atomic E-state index is 1.17. The van der Waals surface area contributed by atoms with Crippen molar-refractivity contribution in [1.82, 2.24) is 5.32 Å². The molecule has 0 spiro atoms. The SMILES string of the molecule is CNCCC[N+]1(C)CC1. The molecule has 0 aromatic carbocycles. The number of rotatable bonds is 4. The fourth-order valence-electron chi connectivity index (χ4n) is 1.03. The van der Waals surface area contributed by atoms with Gasteiger partial charge in [0, 0.05) is 13.0 Å². The highest BCUT2D eigenvalue weighted by Crippen LogP contribution is 2.16. The second kappa shape index (κ2) is 2.67. The van der Waals surface area contributed by atoms with Gasteiger partial charge in [0.15, 0.2) is 0 Å². The molecule has 0 saturated carbocycles. The molecule has 0 radical (unpaired) electrons. The van der Waals surface area contributed by atoms with E-state index in [0.717, 1.165) is 0 Å². The maximum Gasteiger partial charge on any atom is 0.128 e. The summed E-state index contributed by atoms with van der Waals surface area (Å²) in [5, 5.41) is 3.16. The first kappa shape index (κ1) is 7.03. The first-order valence-electron chi connectivity index (χ1n) is 3.75. The van der Waals surface area contributed by atoms with Crippen molar-refractivity contribution in [3.8, 4) is 0 Å². The van der Waals surface area contributed by atoms with Crippen LogP contribution in [0.3, 0.4) is 0 Å². The lowest BCUT2D eigenvalue weighted by Crippen LogP contribution is -2.24. The summed E-state index contributed by atoms with van der Waals surface area (Å²) in [6.07, 6.45) is 1.33. The van der Waals surface area contributed by atoms with E-state index in [1.165, 1.54) is 37.1 Å². The van der Waals surface area contributed by atoms with E-state index in [0.29, 0.717) is 0 Å². The summed E-state index contributed by atoms with van der Waals surface area (Å²) in [4.78, 5) is 0. The highest BCUT2D eigenvalue weighted by molar-refractivity contribution is 4.52. The molecule has 9 heavy (non-hydrogen) atoms. The molecular formula is C7H17N2+. The predicted molar refractivity (Wildman–Crippen MR) is 39.3 cm³/mol. The molecule has 1 saturated heterocycles. The molecule has 1 heterocycles. The minimum Gasteiger partial charge on any atom is -0.320 e. The second-order valence-electron chi connectivity index (χ2n) is 3.25. The van der Waals surface area contributed by atoms with Crippen molar-refractivity contribution in [2.75, 3.05) is 40.3 Å². The smallest absolute Gasteiger partial charge is 0.128 e. The zero-order chi connectivity index (χ0) is 6.74. The molecule has 0 unspecified atom stereocenters. The molecule has 54 valence electrons. The van der Waals surface area contributed by atoms with Gasteiger partial charge in [-0.1, -0.05) is 0 Å². The first-order valence-corrected chi connectivity index (χ1v) is 3.75. The number of hydrogen-bond donors (Lipinski definition) is 1. The quantitative estimate of drug-likeness (QED) is 0.321. The lowest BCUT2D eigenvalue weighted by molar-refractivity contribution is -0.777. The standard InChI is InChI=1S/C7H17N2/c1-8-4-3-5-9(2)6-7-9/h8H,3-7H2,1-2H3/q+1. The third-order valence-corrected chi connectivity index (χ3v) is 2.11. The molecule has 0 aromatic heterocycles. The van der Waals surface area contributed by atoms with Crippen LogP contribution in [0.4, 0.5) is 0 Å². The van der Waals surface area contributed by atoms with Gasteiger partial charge in [0.1, 0.15) is 13.1 Å². The lowest BCUT2D eigenvalue weighted by atomic mass is 10.4. The van der Waals surface area contributed by atoms with Gasteiger partial charge in [-0.2, -0.15) is 0 Å². The van der Waals surface area contributed by atoms with Gasteiger partial charge >= 0.3 is 0 Å². The van der Waals surface area contributed by atoms with E-state index in [1.807, 2.05) is 7.05 Å². The predicted octanol–water partition coefficient (Wildman–Crippen LogP) is 0.0561. The second-order valence-corrected chi connectivity index (χ2v) is 3.25. The molecule has 0 aromatic rings. The maximum absolute atomic E-state index is 3.16. The zero-order valence-corrected chi connectivity index (χ0v) is 6.48. The third kappa shape index (κ3) is 2.33. The molecule has 1 aliphatic heterocycles. The summed E-state index contributed by atoms with van der Waals surface area (Å²) in [6, 6.07) is 0. The van der Waals surface area contributed by atoms with Crippen molar-refractivity contribution < 1.29 is 4.48 Å². The molecule has 2 heteroatoms. The van der Waals surface area contributed by atoms with Gasteiger partial charge in [0.2, 0.25) is 0 Å². The van der Waals surface area contributed by atoms with Gasteiger partial charge in [-0.05, 0) is 7.05 Å². The fraction of sp³-hybridized carbons (Fsp3) is 1.00. The minimum absolute atomic E-state index is 1.17. The Morgan fingerprint density at radius 1 is 1.44 bits per heavy atom. The van der Waals surface area contributed by atoms with Crippen LogP contribution in [-0.4, -0.2) is 44.8 Å². The zero-order valence-electron chi connectivity index (χ0n) is 6.48. The van der Waals surface area contributed by atoms with Gasteiger partial charge in [-0.15, -0.1) is 0 Å². The Balaban J connectivity index is 1.92. The number of nitrogens with one attached hydrogen (secondary N) is 1. The van der Waals surface area contributed by atoms with Crippen LogP contribution >= 0.6 is 0 Å². The van der Waals surface area contributed by atoms with Crippen molar-refractivity contribution >= 4 is 0 Å². The van der Waals surface area contributed by atoms with Crippen molar-refractivity contribution in [2.45, 2.75) is 6.42 Å². The van der Waals surface area contributed by atoms with Crippen molar-refractivity contribution in [1.29, 1.82) is 0 Å². The third-order valence-electron chi connectivity index (χ3n) is 2.11. The normalized spacial score (nSPS) is 22.0. The number of nitrogens with zero attached hydrogens (tertiary/aromatic N) is 1. The van der Waals surface area contributed by atoms with Gasteiger partial charge in [0.05, 0.1) is 13.6 Å². The van der Waals surface area contributed by atoms with Gasteiger partial charge in [-0.25, -0.2) is 0 Å². The Morgan fingerprint density at radius 3 is 2.56 bits per heavy atom. The molecule has 0 bridgehead atoms. The van der Waals surface area contributed by atoms with E-state index in [2.05, 4.69) is 12.4 Å². The van der Waals surface area contributed by atoms with E-state index in [1.54, 1.807) is 0 Å². The van der Waals surface area contributed by atoms with Crippen molar-refractivity contribution in [2.24, 2.45) is 0 Å². The topological polar surface area (TPSA) is 12.0 Å². The van der Waals surface area contributed by atoms with Crippen LogP contribution < -0.4 is 5.32 Å². The molecule has 1 aliphatic rings. The van der Waals surface area contributed by atoms with Crippen LogP contribution in [-0.2, 0) is 0 Å². The summed E-state index contributed by atoms with van der Waals surface area (Å²) in [7, 11) is 4.35. The molecule has 1 N–H and O–H groups in total. The lowest BCUT2D eigenvalue weighted by Gasteiger charge is -2.09. The average Bonchev–Trinajstić information content (AvgIpc) is 2.50. The Kier molecular flexibility index (Phi) is 2.09. The average molecular weight is 129 g/mol. The largest absolute Gasteiger partial charge is 0.320 e. The molecule has 1 fully saturated rings. The van der Waals surface area contributed by atoms with Crippen LogP contribution in [0.25, 0.3) is 0 Å². The Morgan fingerprint density at radius 2 is 2.11 bits per heavy atom. The molecule has 0 aliphatic carbocycles. The van der Waals surface area contributed by atoms with Crippen LogP contribution in [0.15, 0.2) is 0 Å².